The van der Waals surface area contributed by atoms with E-state index in [9.17, 15) is 4.79 Å². The summed E-state index contributed by atoms with van der Waals surface area (Å²) >= 11 is 1.76. The van der Waals surface area contributed by atoms with Gasteiger partial charge in [-0.1, -0.05) is 0 Å². The van der Waals surface area contributed by atoms with E-state index in [4.69, 9.17) is 0 Å². The van der Waals surface area contributed by atoms with Crippen molar-refractivity contribution in [2.24, 2.45) is 0 Å². The van der Waals surface area contributed by atoms with Crippen LogP contribution in [-0.2, 0) is 11.3 Å². The van der Waals surface area contributed by atoms with E-state index in [-0.39, 0.29) is 17.4 Å². The minimum atomic E-state index is -0.0126. The highest BCUT2D eigenvalue weighted by Crippen LogP contribution is 2.39. The molecule has 5 heteroatoms. The van der Waals surface area contributed by atoms with Crippen LogP contribution in [-0.4, -0.2) is 34.4 Å². The molecule has 2 aromatic rings. The molecule has 0 aromatic carbocycles. The van der Waals surface area contributed by atoms with Gasteiger partial charge in [0.2, 0.25) is 5.91 Å². The Morgan fingerprint density at radius 1 is 1.26 bits per heavy atom. The fourth-order valence-corrected chi connectivity index (χ4v) is 4.52. The Morgan fingerprint density at radius 2 is 2.04 bits per heavy atom. The standard InChI is InChI=1S/C18H21N3OS/c22-17-16(15-1-6-19-7-2-15)11-18(20-17)4-8-21(9-5-18)12-14-3-10-23-13-14/h1-3,6-7,10,13,16H,4-5,8-9,11-12H2,(H,20,22)/t16-/m0/s1. The number of rotatable bonds is 3. The summed E-state index contributed by atoms with van der Waals surface area (Å²) < 4.78 is 0. The molecule has 2 aliphatic heterocycles. The lowest BCUT2D eigenvalue weighted by atomic mass is 9.82. The van der Waals surface area contributed by atoms with E-state index in [1.54, 1.807) is 23.7 Å². The van der Waals surface area contributed by atoms with Crippen molar-refractivity contribution in [1.82, 2.24) is 15.2 Å². The van der Waals surface area contributed by atoms with Crippen molar-refractivity contribution in [3.63, 3.8) is 0 Å². The van der Waals surface area contributed by atoms with E-state index >= 15 is 0 Å². The molecule has 0 bridgehead atoms. The van der Waals surface area contributed by atoms with Crippen molar-refractivity contribution in [2.45, 2.75) is 37.3 Å². The lowest BCUT2D eigenvalue weighted by Crippen LogP contribution is -2.50. The molecule has 1 spiro atoms. The summed E-state index contributed by atoms with van der Waals surface area (Å²) in [6.45, 7) is 3.14. The summed E-state index contributed by atoms with van der Waals surface area (Å²) in [5, 5.41) is 7.67. The number of nitrogens with zero attached hydrogens (tertiary/aromatic N) is 2. The molecule has 2 aliphatic rings. The van der Waals surface area contributed by atoms with E-state index in [1.807, 2.05) is 12.1 Å². The maximum atomic E-state index is 12.4. The molecule has 23 heavy (non-hydrogen) atoms. The molecule has 2 aromatic heterocycles. The largest absolute Gasteiger partial charge is 0.350 e. The molecule has 0 unspecified atom stereocenters. The summed E-state index contributed by atoms with van der Waals surface area (Å²) in [5.74, 6) is 0.170. The predicted molar refractivity (Wildman–Crippen MR) is 91.3 cm³/mol. The van der Waals surface area contributed by atoms with Crippen LogP contribution in [0.1, 0.15) is 36.3 Å². The SMILES string of the molecule is O=C1NC2(CCN(Cc3ccsc3)CC2)C[C@H]1c1ccncc1. The van der Waals surface area contributed by atoms with Gasteiger partial charge in [-0.15, -0.1) is 0 Å². The van der Waals surface area contributed by atoms with Crippen LogP contribution in [0.15, 0.2) is 41.4 Å². The third-order valence-electron chi connectivity index (χ3n) is 5.21. The number of aromatic nitrogens is 1. The summed E-state index contributed by atoms with van der Waals surface area (Å²) in [6, 6.07) is 6.13. The Balaban J connectivity index is 1.40. The third kappa shape index (κ3) is 3.03. The number of likely N-dealkylation sites (tertiary alicyclic amines) is 1. The summed E-state index contributed by atoms with van der Waals surface area (Å²) in [6.07, 6.45) is 6.56. The van der Waals surface area contributed by atoms with Crippen LogP contribution in [0.25, 0.3) is 0 Å². The molecular formula is C18H21N3OS. The minimum absolute atomic E-state index is 0.00380. The van der Waals surface area contributed by atoms with Gasteiger partial charge < -0.3 is 5.32 Å². The van der Waals surface area contributed by atoms with Gasteiger partial charge in [-0.25, -0.2) is 0 Å². The number of hydrogen-bond donors (Lipinski definition) is 1. The second kappa shape index (κ2) is 6.06. The smallest absolute Gasteiger partial charge is 0.228 e. The highest BCUT2D eigenvalue weighted by molar-refractivity contribution is 7.07. The van der Waals surface area contributed by atoms with E-state index in [0.29, 0.717) is 0 Å². The molecular weight excluding hydrogens is 306 g/mol. The monoisotopic (exact) mass is 327 g/mol. The Labute approximate surface area is 140 Å². The van der Waals surface area contributed by atoms with E-state index in [0.717, 1.165) is 44.5 Å². The molecule has 0 radical (unpaired) electrons. The predicted octanol–water partition coefficient (Wildman–Crippen LogP) is 2.78. The molecule has 1 atom stereocenters. The van der Waals surface area contributed by atoms with Crippen molar-refractivity contribution in [3.8, 4) is 0 Å². The van der Waals surface area contributed by atoms with Gasteiger partial charge in [0.05, 0.1) is 5.92 Å². The minimum Gasteiger partial charge on any atom is -0.350 e. The van der Waals surface area contributed by atoms with Gasteiger partial charge in [0.15, 0.2) is 0 Å². The molecule has 1 amide bonds. The number of carbonyl (C=O) groups is 1. The molecule has 2 fully saturated rings. The zero-order valence-electron chi connectivity index (χ0n) is 13.1. The molecule has 0 saturated carbocycles. The van der Waals surface area contributed by atoms with Crippen LogP contribution < -0.4 is 5.32 Å². The zero-order valence-corrected chi connectivity index (χ0v) is 13.9. The average molecular weight is 327 g/mol. The first-order valence-corrected chi connectivity index (χ1v) is 9.14. The highest BCUT2D eigenvalue weighted by Gasteiger charge is 2.46. The second-order valence-electron chi connectivity index (χ2n) is 6.71. The van der Waals surface area contributed by atoms with Crippen LogP contribution in [0.4, 0.5) is 0 Å². The van der Waals surface area contributed by atoms with Gasteiger partial charge in [0.25, 0.3) is 0 Å². The van der Waals surface area contributed by atoms with Crippen LogP contribution >= 0.6 is 11.3 Å². The Morgan fingerprint density at radius 3 is 2.74 bits per heavy atom. The normalized spacial score (nSPS) is 24.0. The fourth-order valence-electron chi connectivity index (χ4n) is 3.86. The maximum Gasteiger partial charge on any atom is 0.228 e. The number of pyridine rings is 1. The van der Waals surface area contributed by atoms with Crippen LogP contribution in [0.5, 0.6) is 0 Å². The van der Waals surface area contributed by atoms with Gasteiger partial charge in [-0.3, -0.25) is 14.7 Å². The maximum absolute atomic E-state index is 12.4. The molecule has 120 valence electrons. The Hall–Kier alpha value is -1.72. The molecule has 1 N–H and O–H groups in total. The zero-order chi connectivity index (χ0) is 15.7. The number of nitrogens with one attached hydrogen (secondary N) is 1. The van der Waals surface area contributed by atoms with Gasteiger partial charge >= 0.3 is 0 Å². The first-order valence-electron chi connectivity index (χ1n) is 8.20. The first kappa shape index (κ1) is 14.8. The van der Waals surface area contributed by atoms with E-state index in [2.05, 4.69) is 32.0 Å². The summed E-state index contributed by atoms with van der Waals surface area (Å²) in [7, 11) is 0. The van der Waals surface area contributed by atoms with Crippen molar-refractivity contribution < 1.29 is 4.79 Å². The number of thiophene rings is 1. The Kier molecular flexibility index (Phi) is 3.91. The number of amides is 1. The van der Waals surface area contributed by atoms with Crippen molar-refractivity contribution in [2.75, 3.05) is 13.1 Å². The molecule has 4 rings (SSSR count). The number of carbonyl (C=O) groups excluding carboxylic acids is 1. The first-order chi connectivity index (χ1) is 11.2. The Bertz CT molecular complexity index is 663. The number of piperidine rings is 1. The lowest BCUT2D eigenvalue weighted by molar-refractivity contribution is -0.121. The molecule has 4 nitrogen and oxygen atoms in total. The lowest BCUT2D eigenvalue weighted by Gasteiger charge is -2.39. The summed E-state index contributed by atoms with van der Waals surface area (Å²) in [5.41, 5.74) is 2.49. The van der Waals surface area contributed by atoms with Crippen LogP contribution in [0.3, 0.4) is 0 Å². The van der Waals surface area contributed by atoms with Gasteiger partial charge in [0.1, 0.15) is 0 Å². The third-order valence-corrected chi connectivity index (χ3v) is 5.94. The number of hydrogen-bond acceptors (Lipinski definition) is 4. The molecule has 4 heterocycles. The van der Waals surface area contributed by atoms with Crippen molar-refractivity contribution >= 4 is 17.2 Å². The second-order valence-corrected chi connectivity index (χ2v) is 7.49. The van der Waals surface area contributed by atoms with Gasteiger partial charge in [0, 0.05) is 37.6 Å². The topological polar surface area (TPSA) is 45.2 Å². The van der Waals surface area contributed by atoms with E-state index in [1.165, 1.54) is 5.56 Å². The van der Waals surface area contributed by atoms with E-state index < -0.39 is 0 Å². The molecule has 2 saturated heterocycles. The van der Waals surface area contributed by atoms with Crippen LogP contribution in [0, 0.1) is 0 Å². The highest BCUT2D eigenvalue weighted by atomic mass is 32.1. The van der Waals surface area contributed by atoms with Crippen molar-refractivity contribution in [1.29, 1.82) is 0 Å². The van der Waals surface area contributed by atoms with Gasteiger partial charge in [-0.2, -0.15) is 11.3 Å². The quantitative estimate of drug-likeness (QED) is 0.943. The van der Waals surface area contributed by atoms with Crippen molar-refractivity contribution in [3.05, 3.63) is 52.5 Å². The van der Waals surface area contributed by atoms with Crippen LogP contribution in [0.2, 0.25) is 0 Å². The van der Waals surface area contributed by atoms with Gasteiger partial charge in [-0.05, 0) is 59.3 Å². The molecule has 0 aliphatic carbocycles. The average Bonchev–Trinajstić information content (AvgIpc) is 3.19. The fraction of sp³-hybridized carbons (Fsp3) is 0.444. The summed E-state index contributed by atoms with van der Waals surface area (Å²) in [4.78, 5) is 19.0.